The van der Waals surface area contributed by atoms with Gasteiger partial charge in [-0.15, -0.1) is 0 Å². The first-order valence-electron chi connectivity index (χ1n) is 5.88. The summed E-state index contributed by atoms with van der Waals surface area (Å²) < 4.78 is 0. The van der Waals surface area contributed by atoms with Crippen LogP contribution in [0.15, 0.2) is 24.3 Å². The summed E-state index contributed by atoms with van der Waals surface area (Å²) in [6.45, 7) is 3.75. The van der Waals surface area contributed by atoms with Gasteiger partial charge in [0.05, 0.1) is 6.04 Å². The first-order valence-corrected chi connectivity index (χ1v) is 5.88. The Morgan fingerprint density at radius 1 is 1.19 bits per heavy atom. The number of nitrogens with one attached hydrogen (secondary N) is 2. The Balaban J connectivity index is 1.99. The molecule has 0 saturated carbocycles. The highest BCUT2D eigenvalue weighted by Gasteiger charge is 2.21. The van der Waals surface area contributed by atoms with Crippen molar-refractivity contribution in [3.8, 4) is 0 Å². The summed E-state index contributed by atoms with van der Waals surface area (Å²) in [6.07, 6.45) is 1.83. The lowest BCUT2D eigenvalue weighted by Crippen LogP contribution is -2.53. The van der Waals surface area contributed by atoms with Crippen molar-refractivity contribution >= 4 is 5.91 Å². The maximum atomic E-state index is 11.5. The monoisotopic (exact) mass is 218 g/mol. The molecule has 0 aromatic heterocycles. The van der Waals surface area contributed by atoms with Gasteiger partial charge in [-0.05, 0) is 24.0 Å². The molecule has 1 atom stereocenters. The summed E-state index contributed by atoms with van der Waals surface area (Å²) in [4.78, 5) is 11.5. The van der Waals surface area contributed by atoms with Crippen LogP contribution in [0.5, 0.6) is 0 Å². The molecule has 1 aliphatic heterocycles. The molecule has 3 heteroatoms. The van der Waals surface area contributed by atoms with Crippen LogP contribution in [-0.2, 0) is 17.6 Å². The predicted molar refractivity (Wildman–Crippen MR) is 64.3 cm³/mol. The average molecular weight is 218 g/mol. The Bertz CT molecular complexity index is 359. The second-order valence-corrected chi connectivity index (χ2v) is 4.17. The molecule has 1 aromatic carbocycles. The predicted octanol–water partition coefficient (Wildman–Crippen LogP) is 0.879. The van der Waals surface area contributed by atoms with Crippen molar-refractivity contribution in [1.29, 1.82) is 0 Å². The molecule has 1 saturated heterocycles. The smallest absolute Gasteiger partial charge is 0.237 e. The Morgan fingerprint density at radius 3 is 2.50 bits per heavy atom. The zero-order valence-corrected chi connectivity index (χ0v) is 9.62. The molecule has 0 aliphatic carbocycles. The van der Waals surface area contributed by atoms with E-state index in [0.29, 0.717) is 0 Å². The average Bonchev–Trinajstić information content (AvgIpc) is 2.33. The number of amides is 1. The van der Waals surface area contributed by atoms with Crippen LogP contribution < -0.4 is 10.6 Å². The maximum absolute atomic E-state index is 11.5. The molecule has 86 valence electrons. The van der Waals surface area contributed by atoms with E-state index >= 15 is 0 Å². The third-order valence-corrected chi connectivity index (χ3v) is 3.00. The molecular weight excluding hydrogens is 200 g/mol. The Morgan fingerprint density at radius 2 is 1.88 bits per heavy atom. The highest BCUT2D eigenvalue weighted by Crippen LogP contribution is 2.08. The van der Waals surface area contributed by atoms with E-state index in [1.165, 1.54) is 11.1 Å². The van der Waals surface area contributed by atoms with Crippen LogP contribution in [0, 0.1) is 0 Å². The number of carbonyl (C=O) groups is 1. The molecule has 0 radical (unpaired) electrons. The first-order chi connectivity index (χ1) is 7.79. The number of benzene rings is 1. The molecule has 1 amide bonds. The summed E-state index contributed by atoms with van der Waals surface area (Å²) in [5, 5.41) is 6.11. The van der Waals surface area contributed by atoms with Gasteiger partial charge in [0.1, 0.15) is 0 Å². The first kappa shape index (κ1) is 11.1. The third-order valence-electron chi connectivity index (χ3n) is 3.00. The molecule has 0 spiro atoms. The lowest BCUT2D eigenvalue weighted by molar-refractivity contribution is -0.124. The maximum Gasteiger partial charge on any atom is 0.237 e. The van der Waals surface area contributed by atoms with Gasteiger partial charge in [-0.2, -0.15) is 0 Å². The number of hydrogen-bond donors (Lipinski definition) is 2. The van der Waals surface area contributed by atoms with Crippen molar-refractivity contribution < 1.29 is 4.79 Å². The van der Waals surface area contributed by atoms with Crippen molar-refractivity contribution in [2.75, 3.05) is 13.1 Å². The highest BCUT2D eigenvalue weighted by atomic mass is 16.2. The Labute approximate surface area is 96.2 Å². The van der Waals surface area contributed by atoms with Crippen LogP contribution >= 0.6 is 0 Å². The van der Waals surface area contributed by atoms with Crippen molar-refractivity contribution in [3.05, 3.63) is 35.4 Å². The van der Waals surface area contributed by atoms with Crippen LogP contribution in [0.1, 0.15) is 18.1 Å². The second kappa shape index (κ2) is 5.12. The van der Waals surface area contributed by atoms with Gasteiger partial charge < -0.3 is 10.6 Å². The number of hydrogen-bond acceptors (Lipinski definition) is 2. The quantitative estimate of drug-likeness (QED) is 0.790. The van der Waals surface area contributed by atoms with Gasteiger partial charge >= 0.3 is 0 Å². The van der Waals surface area contributed by atoms with Crippen LogP contribution in [0.2, 0.25) is 0 Å². The molecule has 2 rings (SSSR count). The normalized spacial score (nSPS) is 20.6. The minimum atomic E-state index is -0.0683. The molecule has 1 aromatic rings. The summed E-state index contributed by atoms with van der Waals surface area (Å²) in [5.74, 6) is 0.116. The van der Waals surface area contributed by atoms with E-state index in [4.69, 9.17) is 0 Å². The summed E-state index contributed by atoms with van der Waals surface area (Å²) >= 11 is 0. The lowest BCUT2D eigenvalue weighted by atomic mass is 10.0. The van der Waals surface area contributed by atoms with Crippen molar-refractivity contribution in [1.82, 2.24) is 10.6 Å². The van der Waals surface area contributed by atoms with E-state index < -0.39 is 0 Å². The summed E-state index contributed by atoms with van der Waals surface area (Å²) in [5.41, 5.74) is 2.55. The largest absolute Gasteiger partial charge is 0.353 e. The number of rotatable bonds is 3. The number of piperazine rings is 1. The Hall–Kier alpha value is -1.35. The summed E-state index contributed by atoms with van der Waals surface area (Å²) in [7, 11) is 0. The van der Waals surface area contributed by atoms with E-state index in [9.17, 15) is 4.79 Å². The zero-order chi connectivity index (χ0) is 11.4. The van der Waals surface area contributed by atoms with Crippen LogP contribution in [0.25, 0.3) is 0 Å². The fourth-order valence-corrected chi connectivity index (χ4v) is 1.96. The topological polar surface area (TPSA) is 41.1 Å². The molecule has 2 N–H and O–H groups in total. The van der Waals surface area contributed by atoms with Crippen LogP contribution in [0.4, 0.5) is 0 Å². The minimum absolute atomic E-state index is 0.0683. The van der Waals surface area contributed by atoms with Gasteiger partial charge in [0.15, 0.2) is 0 Å². The lowest BCUT2D eigenvalue weighted by Gasteiger charge is -2.23. The zero-order valence-electron chi connectivity index (χ0n) is 9.62. The SMILES string of the molecule is CCc1ccc(CC2NCCNC2=O)cc1. The third kappa shape index (κ3) is 2.61. The van der Waals surface area contributed by atoms with Crippen molar-refractivity contribution in [2.45, 2.75) is 25.8 Å². The molecule has 1 aliphatic rings. The van der Waals surface area contributed by atoms with Crippen LogP contribution in [-0.4, -0.2) is 25.0 Å². The van der Waals surface area contributed by atoms with Crippen molar-refractivity contribution in [2.24, 2.45) is 0 Å². The summed E-state index contributed by atoms with van der Waals surface area (Å²) in [6, 6.07) is 8.43. The molecule has 1 unspecified atom stereocenters. The fourth-order valence-electron chi connectivity index (χ4n) is 1.96. The van der Waals surface area contributed by atoms with E-state index in [0.717, 1.165) is 25.9 Å². The van der Waals surface area contributed by atoms with Crippen LogP contribution in [0.3, 0.4) is 0 Å². The molecule has 0 bridgehead atoms. The second-order valence-electron chi connectivity index (χ2n) is 4.17. The standard InChI is InChI=1S/C13H18N2O/c1-2-10-3-5-11(6-4-10)9-12-13(16)15-8-7-14-12/h3-6,12,14H,2,7-9H2,1H3,(H,15,16). The molecule has 1 heterocycles. The van der Waals surface area contributed by atoms with Gasteiger partial charge in [0, 0.05) is 13.1 Å². The van der Waals surface area contributed by atoms with Gasteiger partial charge in [-0.3, -0.25) is 4.79 Å². The number of aryl methyl sites for hydroxylation is 1. The molecular formula is C13H18N2O. The minimum Gasteiger partial charge on any atom is -0.353 e. The van der Waals surface area contributed by atoms with Crippen molar-refractivity contribution in [3.63, 3.8) is 0 Å². The van der Waals surface area contributed by atoms with E-state index in [-0.39, 0.29) is 11.9 Å². The van der Waals surface area contributed by atoms with Gasteiger partial charge in [-0.1, -0.05) is 31.2 Å². The number of carbonyl (C=O) groups excluding carboxylic acids is 1. The van der Waals surface area contributed by atoms with E-state index in [2.05, 4.69) is 41.8 Å². The van der Waals surface area contributed by atoms with E-state index in [1.54, 1.807) is 0 Å². The highest BCUT2D eigenvalue weighted by molar-refractivity contribution is 5.82. The molecule has 16 heavy (non-hydrogen) atoms. The molecule has 3 nitrogen and oxygen atoms in total. The molecule has 1 fully saturated rings. The van der Waals surface area contributed by atoms with E-state index in [1.807, 2.05) is 0 Å². The fraction of sp³-hybridized carbons (Fsp3) is 0.462. The van der Waals surface area contributed by atoms with Gasteiger partial charge in [-0.25, -0.2) is 0 Å². The van der Waals surface area contributed by atoms with Gasteiger partial charge in [0.2, 0.25) is 5.91 Å². The van der Waals surface area contributed by atoms with Gasteiger partial charge in [0.25, 0.3) is 0 Å². The Kier molecular flexibility index (Phi) is 3.57.